The lowest BCUT2D eigenvalue weighted by Crippen LogP contribution is -2.30. The van der Waals surface area contributed by atoms with Crippen LogP contribution in [0.1, 0.15) is 303 Å². The highest BCUT2D eigenvalue weighted by molar-refractivity contribution is 5.71. The van der Waals surface area contributed by atoms with Crippen LogP contribution in [0.15, 0.2) is 134 Å². The average molecular weight is 1120 g/mol. The molecule has 81 heavy (non-hydrogen) atoms. The van der Waals surface area contributed by atoms with E-state index in [4.69, 9.17) is 14.2 Å². The average Bonchev–Trinajstić information content (AvgIpc) is 3.47. The molecular weight excluding hydrogens is 997 g/mol. The first-order valence-corrected chi connectivity index (χ1v) is 33.7. The molecule has 0 aromatic carbocycles. The fourth-order valence-corrected chi connectivity index (χ4v) is 9.12. The topological polar surface area (TPSA) is 78.9 Å². The van der Waals surface area contributed by atoms with E-state index in [0.717, 1.165) is 135 Å². The largest absolute Gasteiger partial charge is 0.462 e. The van der Waals surface area contributed by atoms with Crippen molar-refractivity contribution >= 4 is 17.9 Å². The molecule has 0 aliphatic rings. The summed E-state index contributed by atoms with van der Waals surface area (Å²) < 4.78 is 16.9. The molecule has 0 aliphatic heterocycles. The second kappa shape index (κ2) is 68.1. The normalized spacial score (nSPS) is 13.0. The molecule has 0 aliphatic carbocycles. The molecule has 0 amide bonds. The second-order valence-electron chi connectivity index (χ2n) is 22.0. The van der Waals surface area contributed by atoms with Crippen LogP contribution < -0.4 is 0 Å². The van der Waals surface area contributed by atoms with Gasteiger partial charge in [0.25, 0.3) is 0 Å². The first-order chi connectivity index (χ1) is 40.0. The van der Waals surface area contributed by atoms with E-state index in [1.165, 1.54) is 122 Å². The van der Waals surface area contributed by atoms with Gasteiger partial charge in [-0.25, -0.2) is 0 Å². The Balaban J connectivity index is 4.32. The highest BCUT2D eigenvalue weighted by atomic mass is 16.6. The summed E-state index contributed by atoms with van der Waals surface area (Å²) >= 11 is 0. The number of esters is 3. The zero-order valence-electron chi connectivity index (χ0n) is 52.8. The van der Waals surface area contributed by atoms with Gasteiger partial charge in [-0.15, -0.1) is 0 Å². The van der Waals surface area contributed by atoms with Crippen molar-refractivity contribution in [2.75, 3.05) is 13.2 Å². The van der Waals surface area contributed by atoms with Gasteiger partial charge < -0.3 is 14.2 Å². The van der Waals surface area contributed by atoms with E-state index in [2.05, 4.69) is 154 Å². The molecule has 1 atom stereocenters. The first kappa shape index (κ1) is 76.5. The quantitative estimate of drug-likeness (QED) is 0.0261. The molecule has 0 saturated heterocycles. The number of ether oxygens (including phenoxy) is 3. The summed E-state index contributed by atoms with van der Waals surface area (Å²) in [7, 11) is 0. The molecule has 0 fully saturated rings. The molecule has 0 radical (unpaired) electrons. The van der Waals surface area contributed by atoms with Crippen molar-refractivity contribution in [2.45, 2.75) is 309 Å². The van der Waals surface area contributed by atoms with Gasteiger partial charge in [0.05, 0.1) is 0 Å². The molecule has 0 spiro atoms. The third-order valence-electron chi connectivity index (χ3n) is 14.1. The van der Waals surface area contributed by atoms with Crippen LogP contribution in [0.2, 0.25) is 0 Å². The molecule has 0 rings (SSSR count). The number of hydrogen-bond donors (Lipinski definition) is 0. The molecule has 6 nitrogen and oxygen atoms in total. The van der Waals surface area contributed by atoms with E-state index in [9.17, 15) is 14.4 Å². The molecule has 0 bridgehead atoms. The van der Waals surface area contributed by atoms with Gasteiger partial charge in [-0.05, 0) is 116 Å². The second-order valence-corrected chi connectivity index (χ2v) is 22.0. The van der Waals surface area contributed by atoms with Crippen molar-refractivity contribution in [3.63, 3.8) is 0 Å². The first-order valence-electron chi connectivity index (χ1n) is 33.7. The Bertz CT molecular complexity index is 1720. The van der Waals surface area contributed by atoms with Gasteiger partial charge in [0, 0.05) is 19.3 Å². The minimum atomic E-state index is -0.802. The minimum absolute atomic E-state index is 0.0968. The van der Waals surface area contributed by atoms with E-state index in [1.54, 1.807) is 0 Å². The fourth-order valence-electron chi connectivity index (χ4n) is 9.12. The third-order valence-corrected chi connectivity index (χ3v) is 14.1. The molecule has 6 heteroatoms. The van der Waals surface area contributed by atoms with E-state index >= 15 is 0 Å². The Morgan fingerprint density at radius 2 is 0.506 bits per heavy atom. The lowest BCUT2D eigenvalue weighted by molar-refractivity contribution is -0.167. The Labute approximate surface area is 500 Å². The molecule has 0 aromatic heterocycles. The van der Waals surface area contributed by atoms with Crippen molar-refractivity contribution in [2.24, 2.45) is 0 Å². The maximum Gasteiger partial charge on any atom is 0.306 e. The highest BCUT2D eigenvalue weighted by Crippen LogP contribution is 2.16. The molecule has 1 unspecified atom stereocenters. The number of rotatable bonds is 60. The summed E-state index contributed by atoms with van der Waals surface area (Å²) in [5.41, 5.74) is 0. The van der Waals surface area contributed by atoms with Crippen molar-refractivity contribution in [3.05, 3.63) is 134 Å². The van der Waals surface area contributed by atoms with Crippen LogP contribution in [-0.2, 0) is 28.6 Å². The van der Waals surface area contributed by atoms with E-state index in [1.807, 2.05) is 0 Å². The van der Waals surface area contributed by atoms with Gasteiger partial charge in [0.1, 0.15) is 13.2 Å². The number of carbonyl (C=O) groups excluding carboxylic acids is 3. The maximum atomic E-state index is 12.9. The van der Waals surface area contributed by atoms with Crippen molar-refractivity contribution in [1.82, 2.24) is 0 Å². The summed E-state index contributed by atoms with van der Waals surface area (Å²) in [6.07, 6.45) is 96.2. The molecule has 460 valence electrons. The van der Waals surface area contributed by atoms with E-state index in [0.29, 0.717) is 25.7 Å². The lowest BCUT2D eigenvalue weighted by atomic mass is 10.0. The summed E-state index contributed by atoms with van der Waals surface area (Å²) in [6, 6.07) is 0. The van der Waals surface area contributed by atoms with Gasteiger partial charge in [0.15, 0.2) is 6.10 Å². The lowest BCUT2D eigenvalue weighted by Gasteiger charge is -2.18. The number of carbonyl (C=O) groups is 3. The molecule has 0 heterocycles. The van der Waals surface area contributed by atoms with Crippen LogP contribution in [0.25, 0.3) is 0 Å². The Hall–Kier alpha value is -4.45. The summed E-state index contributed by atoms with van der Waals surface area (Å²) in [4.78, 5) is 38.2. The van der Waals surface area contributed by atoms with Gasteiger partial charge in [-0.1, -0.05) is 302 Å². The predicted octanol–water partition coefficient (Wildman–Crippen LogP) is 23.3. The smallest absolute Gasteiger partial charge is 0.306 e. The Kier molecular flexibility index (Phi) is 64.3. The minimum Gasteiger partial charge on any atom is -0.462 e. The zero-order chi connectivity index (χ0) is 58.5. The maximum absolute atomic E-state index is 12.9. The summed E-state index contributed by atoms with van der Waals surface area (Å²) in [6.45, 7) is 6.44. The Morgan fingerprint density at radius 3 is 0.840 bits per heavy atom. The molecule has 0 aromatic rings. The molecule has 0 saturated carbocycles. The van der Waals surface area contributed by atoms with E-state index < -0.39 is 6.10 Å². The summed E-state index contributed by atoms with van der Waals surface area (Å²) in [5, 5.41) is 0. The SMILES string of the molecule is CC/C=C\C/C=C\C/C=C\C/C=C\C/C=C\C/C=C\C/C=C\C/C=C\C/C=C\C/C=C\CCCCC(=O)OCC(COC(=O)CCCCCCC/C=C\CCC)OC(=O)CCCCCCCCCCCCCCCCCCCCCC. The van der Waals surface area contributed by atoms with Gasteiger partial charge >= 0.3 is 17.9 Å². The van der Waals surface area contributed by atoms with Crippen molar-refractivity contribution < 1.29 is 28.6 Å². The van der Waals surface area contributed by atoms with Gasteiger partial charge in [0.2, 0.25) is 0 Å². The third kappa shape index (κ3) is 66.2. The highest BCUT2D eigenvalue weighted by Gasteiger charge is 2.19. The standard InChI is InChI=1S/C75H124O6/c1-4-7-10-13-16-19-22-24-26-28-30-32-33-34-35-36-37-38-39-40-41-42-43-44-46-47-49-51-53-56-59-62-65-68-74(77)80-71-72(70-79-73(76)67-64-61-58-55-21-18-15-12-9-6-3)81-75(78)69-66-63-60-57-54-52-50-48-45-31-29-27-25-23-20-17-14-11-8-5-2/h7,10,12,15-16,19,24,26,30,32,34-35,37-38,40-41,43-44,47,49,53,56,72H,4-6,8-9,11,13-14,17-18,20-23,25,27-29,31,33,36,39,42,45-46,48,50-52,54-55,57-71H2,1-3H3/b10-7-,15-12-,19-16-,26-24-,32-30-,35-34-,38-37-,41-40-,44-43-,49-47-,56-53-. The fraction of sp³-hybridized carbons (Fsp3) is 0.667. The van der Waals surface area contributed by atoms with Gasteiger partial charge in [-0.3, -0.25) is 14.4 Å². The van der Waals surface area contributed by atoms with Crippen LogP contribution in [0.3, 0.4) is 0 Å². The van der Waals surface area contributed by atoms with Crippen LogP contribution in [0, 0.1) is 0 Å². The monoisotopic (exact) mass is 1120 g/mol. The van der Waals surface area contributed by atoms with Crippen LogP contribution >= 0.6 is 0 Å². The van der Waals surface area contributed by atoms with E-state index in [-0.39, 0.29) is 31.1 Å². The zero-order valence-corrected chi connectivity index (χ0v) is 52.8. The number of unbranched alkanes of at least 4 members (excludes halogenated alkanes) is 27. The number of allylic oxidation sites excluding steroid dienone is 22. The predicted molar refractivity (Wildman–Crippen MR) is 353 cm³/mol. The van der Waals surface area contributed by atoms with Crippen LogP contribution in [0.4, 0.5) is 0 Å². The molecule has 0 N–H and O–H groups in total. The number of hydrogen-bond acceptors (Lipinski definition) is 6. The van der Waals surface area contributed by atoms with Gasteiger partial charge in [-0.2, -0.15) is 0 Å². The van der Waals surface area contributed by atoms with Crippen LogP contribution in [0.5, 0.6) is 0 Å². The summed E-state index contributed by atoms with van der Waals surface area (Å²) in [5.74, 6) is -0.946. The van der Waals surface area contributed by atoms with Crippen LogP contribution in [-0.4, -0.2) is 37.2 Å². The van der Waals surface area contributed by atoms with Crippen molar-refractivity contribution in [1.29, 1.82) is 0 Å². The Morgan fingerprint density at radius 1 is 0.259 bits per heavy atom. The van der Waals surface area contributed by atoms with Crippen molar-refractivity contribution in [3.8, 4) is 0 Å². The molecular formula is C75H124O6.